The third-order valence-electron chi connectivity index (χ3n) is 5.30. The lowest BCUT2D eigenvalue weighted by molar-refractivity contribution is -0.153. The van der Waals surface area contributed by atoms with Crippen molar-refractivity contribution >= 4 is 12.1 Å². The molecule has 0 aromatic carbocycles. The van der Waals surface area contributed by atoms with Gasteiger partial charge in [0.2, 0.25) is 0 Å². The van der Waals surface area contributed by atoms with E-state index in [2.05, 4.69) is 0 Å². The van der Waals surface area contributed by atoms with Crippen molar-refractivity contribution in [3.63, 3.8) is 0 Å². The number of rotatable bonds is 2. The van der Waals surface area contributed by atoms with Gasteiger partial charge >= 0.3 is 12.1 Å². The quantitative estimate of drug-likeness (QED) is 0.741. The van der Waals surface area contributed by atoms with Crippen molar-refractivity contribution in [3.8, 4) is 0 Å². The number of hydrogen-bond acceptors (Lipinski definition) is 6. The summed E-state index contributed by atoms with van der Waals surface area (Å²) < 4.78 is 21.9. The van der Waals surface area contributed by atoms with Gasteiger partial charge in [-0.05, 0) is 13.3 Å². The number of fused-ring (bicyclic) bond motifs is 3. The smallest absolute Gasteiger partial charge is 0.413 e. The number of aliphatic carboxylic acids is 1. The monoisotopic (exact) mass is 325 g/mol. The number of nitrogens with zero attached hydrogens (tertiary/aromatic N) is 1. The van der Waals surface area contributed by atoms with Gasteiger partial charge in [-0.3, -0.25) is 0 Å². The fourth-order valence-corrected chi connectivity index (χ4v) is 3.95. The van der Waals surface area contributed by atoms with Crippen LogP contribution in [-0.2, 0) is 23.7 Å². The molecule has 0 radical (unpaired) electrons. The second-order valence-electron chi connectivity index (χ2n) is 6.52. The molecule has 2 saturated heterocycles. The SMILES string of the molecule is C[C@]12O[C@H]1C[C@@H]1C(C(=O)O)=CO[C@@H](OC(=O)N3CCOCC3)[C@H]12. The molecule has 0 unspecified atom stereocenters. The Bertz CT molecular complexity index is 570. The number of carbonyl (C=O) groups is 2. The molecule has 3 heterocycles. The van der Waals surface area contributed by atoms with E-state index >= 15 is 0 Å². The molecule has 1 aliphatic carbocycles. The number of epoxide rings is 1. The van der Waals surface area contributed by atoms with E-state index in [9.17, 15) is 14.7 Å². The lowest BCUT2D eigenvalue weighted by Gasteiger charge is -2.36. The summed E-state index contributed by atoms with van der Waals surface area (Å²) in [7, 11) is 0. The minimum Gasteiger partial charge on any atom is -0.478 e. The van der Waals surface area contributed by atoms with Crippen LogP contribution < -0.4 is 0 Å². The second-order valence-corrected chi connectivity index (χ2v) is 6.52. The molecule has 1 saturated carbocycles. The molecule has 0 bridgehead atoms. The zero-order chi connectivity index (χ0) is 16.2. The lowest BCUT2D eigenvalue weighted by Crippen LogP contribution is -2.47. The van der Waals surface area contributed by atoms with Crippen LogP contribution in [-0.4, -0.2) is 66.4 Å². The Hall–Kier alpha value is -1.80. The maximum Gasteiger partial charge on any atom is 0.413 e. The molecule has 4 aliphatic rings. The summed E-state index contributed by atoms with van der Waals surface area (Å²) in [6.45, 7) is 3.85. The van der Waals surface area contributed by atoms with Gasteiger partial charge in [0.1, 0.15) is 5.60 Å². The average Bonchev–Trinajstić information content (AvgIpc) is 3.09. The van der Waals surface area contributed by atoms with Crippen molar-refractivity contribution < 1.29 is 33.6 Å². The minimum absolute atomic E-state index is 0.00605. The third kappa shape index (κ3) is 2.28. The van der Waals surface area contributed by atoms with Crippen molar-refractivity contribution in [2.45, 2.75) is 31.3 Å². The van der Waals surface area contributed by atoms with Gasteiger partial charge in [0.15, 0.2) is 0 Å². The maximum absolute atomic E-state index is 12.3. The molecule has 126 valence electrons. The average molecular weight is 325 g/mol. The van der Waals surface area contributed by atoms with Gasteiger partial charge in [0.25, 0.3) is 6.29 Å². The van der Waals surface area contributed by atoms with Gasteiger partial charge in [0, 0.05) is 19.0 Å². The molecule has 3 fully saturated rings. The van der Waals surface area contributed by atoms with Crippen molar-refractivity contribution in [3.05, 3.63) is 11.8 Å². The number of carbonyl (C=O) groups excluding carboxylic acids is 1. The van der Waals surface area contributed by atoms with Crippen molar-refractivity contribution in [2.75, 3.05) is 26.3 Å². The Morgan fingerprint density at radius 1 is 1.39 bits per heavy atom. The third-order valence-corrected chi connectivity index (χ3v) is 5.30. The summed E-state index contributed by atoms with van der Waals surface area (Å²) in [5, 5.41) is 9.32. The van der Waals surface area contributed by atoms with Crippen molar-refractivity contribution in [2.24, 2.45) is 11.8 Å². The molecule has 8 heteroatoms. The van der Waals surface area contributed by atoms with Crippen LogP contribution in [0, 0.1) is 11.8 Å². The van der Waals surface area contributed by atoms with Crippen LogP contribution in [0.15, 0.2) is 11.8 Å². The second kappa shape index (κ2) is 5.10. The fraction of sp³-hybridized carbons (Fsp3) is 0.733. The fourth-order valence-electron chi connectivity index (χ4n) is 3.95. The highest BCUT2D eigenvalue weighted by atomic mass is 16.7. The molecule has 0 aromatic heterocycles. The molecule has 4 rings (SSSR count). The minimum atomic E-state index is -0.997. The van der Waals surface area contributed by atoms with Crippen molar-refractivity contribution in [1.29, 1.82) is 0 Å². The zero-order valence-corrected chi connectivity index (χ0v) is 12.8. The molecule has 8 nitrogen and oxygen atoms in total. The predicted octanol–water partition coefficient (Wildman–Crippen LogP) is 0.574. The Kier molecular flexibility index (Phi) is 3.28. The maximum atomic E-state index is 12.3. The Morgan fingerprint density at radius 2 is 2.13 bits per heavy atom. The van der Waals surface area contributed by atoms with E-state index in [1.54, 1.807) is 4.90 Å². The van der Waals surface area contributed by atoms with E-state index < -0.39 is 24.0 Å². The Balaban J connectivity index is 1.52. The highest BCUT2D eigenvalue weighted by Gasteiger charge is 2.71. The number of hydrogen-bond donors (Lipinski definition) is 1. The molecule has 23 heavy (non-hydrogen) atoms. The van der Waals surface area contributed by atoms with E-state index in [-0.39, 0.29) is 23.5 Å². The molecular formula is C15H19NO7. The molecule has 3 aliphatic heterocycles. The normalized spacial score (nSPS) is 41.3. The first-order valence-electron chi connectivity index (χ1n) is 7.80. The molecule has 0 aromatic rings. The van der Waals surface area contributed by atoms with E-state index in [0.29, 0.717) is 32.7 Å². The van der Waals surface area contributed by atoms with Gasteiger partial charge in [-0.15, -0.1) is 0 Å². The van der Waals surface area contributed by atoms with E-state index in [1.165, 1.54) is 6.26 Å². The molecule has 1 amide bonds. The highest BCUT2D eigenvalue weighted by Crippen LogP contribution is 2.60. The van der Waals surface area contributed by atoms with Gasteiger partial charge in [0.05, 0.1) is 37.1 Å². The Labute approximate surface area is 132 Å². The first-order chi connectivity index (χ1) is 11.0. The lowest BCUT2D eigenvalue weighted by atomic mass is 9.82. The molecular weight excluding hydrogens is 306 g/mol. The van der Waals surface area contributed by atoms with Crippen LogP contribution in [0.4, 0.5) is 4.79 Å². The van der Waals surface area contributed by atoms with Crippen LogP contribution in [0.25, 0.3) is 0 Å². The van der Waals surface area contributed by atoms with Gasteiger partial charge in [-0.2, -0.15) is 0 Å². The highest BCUT2D eigenvalue weighted by molar-refractivity contribution is 5.87. The summed E-state index contributed by atoms with van der Waals surface area (Å²) in [5.41, 5.74) is -0.249. The zero-order valence-electron chi connectivity index (χ0n) is 12.8. The number of ether oxygens (including phenoxy) is 4. The predicted molar refractivity (Wildman–Crippen MR) is 74.3 cm³/mol. The van der Waals surface area contributed by atoms with Crippen LogP contribution >= 0.6 is 0 Å². The standard InChI is InChI=1S/C15H19NO7/c1-15-10(23-15)6-8-9(12(17)18)7-21-13(11(8)15)22-14(19)16-2-4-20-5-3-16/h7-8,10-11,13H,2-6H2,1H3,(H,17,18)/t8-,10+,11+,13+,15+/m1/s1. The van der Waals surface area contributed by atoms with E-state index in [1.807, 2.05) is 6.92 Å². The molecule has 0 spiro atoms. The summed E-state index contributed by atoms with van der Waals surface area (Å²) in [5.74, 6) is -1.51. The number of morpholine rings is 1. The van der Waals surface area contributed by atoms with Gasteiger partial charge < -0.3 is 29.0 Å². The van der Waals surface area contributed by atoms with E-state index in [0.717, 1.165) is 0 Å². The van der Waals surface area contributed by atoms with Crippen LogP contribution in [0.2, 0.25) is 0 Å². The summed E-state index contributed by atoms with van der Waals surface area (Å²) in [6.07, 6.45) is 0.558. The first-order valence-corrected chi connectivity index (χ1v) is 7.80. The van der Waals surface area contributed by atoms with Crippen LogP contribution in [0.1, 0.15) is 13.3 Å². The number of carboxylic acids is 1. The van der Waals surface area contributed by atoms with Crippen molar-refractivity contribution in [1.82, 2.24) is 4.90 Å². The van der Waals surface area contributed by atoms with E-state index in [4.69, 9.17) is 18.9 Å². The topological polar surface area (TPSA) is 97.8 Å². The molecule has 5 atom stereocenters. The number of amides is 1. The summed E-state index contributed by atoms with van der Waals surface area (Å²) in [4.78, 5) is 25.2. The Morgan fingerprint density at radius 3 is 2.83 bits per heavy atom. The van der Waals surface area contributed by atoms with Crippen LogP contribution in [0.3, 0.4) is 0 Å². The molecule has 1 N–H and O–H groups in total. The van der Waals surface area contributed by atoms with Crippen LogP contribution in [0.5, 0.6) is 0 Å². The number of carboxylic acid groups (broad SMARTS) is 1. The largest absolute Gasteiger partial charge is 0.478 e. The summed E-state index contributed by atoms with van der Waals surface area (Å²) >= 11 is 0. The van der Waals surface area contributed by atoms with Gasteiger partial charge in [-0.1, -0.05) is 0 Å². The summed E-state index contributed by atoms with van der Waals surface area (Å²) in [6, 6.07) is 0. The first kappa shape index (κ1) is 14.8. The van der Waals surface area contributed by atoms with Gasteiger partial charge in [-0.25, -0.2) is 9.59 Å².